The second-order valence-electron chi connectivity index (χ2n) is 4.29. The van der Waals surface area contributed by atoms with E-state index in [1.807, 2.05) is 0 Å². The first-order chi connectivity index (χ1) is 9.58. The fourth-order valence-electron chi connectivity index (χ4n) is 2.15. The molecule has 1 fully saturated rings. The average molecular weight is 274 g/mol. The van der Waals surface area contributed by atoms with E-state index in [0.717, 1.165) is 0 Å². The number of imide groups is 1. The quantitative estimate of drug-likeness (QED) is 0.828. The van der Waals surface area contributed by atoms with E-state index in [1.165, 1.54) is 21.7 Å². The van der Waals surface area contributed by atoms with Gasteiger partial charge in [-0.3, -0.25) is 19.4 Å². The molecule has 8 nitrogen and oxygen atoms in total. The van der Waals surface area contributed by atoms with Gasteiger partial charge in [-0.25, -0.2) is 14.6 Å². The Bertz CT molecular complexity index is 736. The topological polar surface area (TPSA) is 104 Å². The maximum Gasteiger partial charge on any atom is 0.352 e. The number of carbonyl (C=O) groups is 3. The van der Waals surface area contributed by atoms with Crippen molar-refractivity contribution < 1.29 is 19.5 Å². The lowest BCUT2D eigenvalue weighted by Crippen LogP contribution is -2.49. The van der Waals surface area contributed by atoms with Crippen LogP contribution in [0.5, 0.6) is 0 Å². The highest BCUT2D eigenvalue weighted by Gasteiger charge is 2.27. The van der Waals surface area contributed by atoms with Crippen molar-refractivity contribution in [3.05, 3.63) is 30.2 Å². The van der Waals surface area contributed by atoms with Gasteiger partial charge in [-0.2, -0.15) is 0 Å². The largest absolute Gasteiger partial charge is 0.477 e. The molecule has 0 spiro atoms. The first-order valence-electron chi connectivity index (χ1n) is 5.88. The van der Waals surface area contributed by atoms with Gasteiger partial charge in [0, 0.05) is 13.0 Å². The van der Waals surface area contributed by atoms with Crippen LogP contribution < -0.4 is 10.2 Å². The number of carbonyl (C=O) groups excluding carboxylic acids is 2. The minimum atomic E-state index is -1.09. The molecule has 0 saturated carbocycles. The van der Waals surface area contributed by atoms with Gasteiger partial charge in [-0.1, -0.05) is 6.07 Å². The minimum Gasteiger partial charge on any atom is -0.477 e. The van der Waals surface area contributed by atoms with Crippen molar-refractivity contribution in [2.75, 3.05) is 11.4 Å². The number of urea groups is 1. The van der Waals surface area contributed by atoms with Crippen LogP contribution in [0.1, 0.15) is 16.9 Å². The molecule has 0 radical (unpaired) electrons. The number of hydrogen-bond acceptors (Lipinski definition) is 4. The summed E-state index contributed by atoms with van der Waals surface area (Å²) >= 11 is 0. The molecule has 20 heavy (non-hydrogen) atoms. The van der Waals surface area contributed by atoms with Crippen LogP contribution in [0.25, 0.3) is 5.52 Å². The number of anilines is 1. The predicted octanol–water partition coefficient (Wildman–Crippen LogP) is 0.479. The van der Waals surface area contributed by atoms with Crippen molar-refractivity contribution in [1.29, 1.82) is 0 Å². The molecule has 8 heteroatoms. The molecular formula is C12H10N4O4. The second-order valence-corrected chi connectivity index (χ2v) is 4.29. The number of aromatic carboxylic acids is 1. The number of fused-ring (bicyclic) bond motifs is 1. The molecule has 3 heterocycles. The molecule has 0 atom stereocenters. The Morgan fingerprint density at radius 3 is 2.85 bits per heavy atom. The molecule has 1 aliphatic rings. The highest BCUT2D eigenvalue weighted by Crippen LogP contribution is 2.22. The van der Waals surface area contributed by atoms with Gasteiger partial charge in [0.2, 0.25) is 5.91 Å². The number of rotatable bonds is 2. The van der Waals surface area contributed by atoms with Gasteiger partial charge in [-0.05, 0) is 12.1 Å². The van der Waals surface area contributed by atoms with E-state index in [0.29, 0.717) is 11.3 Å². The summed E-state index contributed by atoms with van der Waals surface area (Å²) < 4.78 is 1.39. The Morgan fingerprint density at radius 2 is 2.15 bits per heavy atom. The van der Waals surface area contributed by atoms with Gasteiger partial charge < -0.3 is 5.11 Å². The van der Waals surface area contributed by atoms with Crippen LogP contribution in [-0.4, -0.2) is 38.9 Å². The second kappa shape index (κ2) is 4.34. The van der Waals surface area contributed by atoms with Crippen molar-refractivity contribution in [3.63, 3.8) is 0 Å². The molecule has 2 aromatic heterocycles. The van der Waals surface area contributed by atoms with Crippen LogP contribution in [0.3, 0.4) is 0 Å². The summed E-state index contributed by atoms with van der Waals surface area (Å²) in [7, 11) is 0. The van der Waals surface area contributed by atoms with Gasteiger partial charge in [0.1, 0.15) is 12.0 Å². The van der Waals surface area contributed by atoms with E-state index in [9.17, 15) is 14.4 Å². The first-order valence-corrected chi connectivity index (χ1v) is 5.88. The number of hydrogen-bond donors (Lipinski definition) is 2. The molecule has 1 aliphatic heterocycles. The Hall–Kier alpha value is -2.90. The maximum atomic E-state index is 11.8. The number of nitrogens with zero attached hydrogens (tertiary/aromatic N) is 3. The monoisotopic (exact) mass is 274 g/mol. The lowest BCUT2D eigenvalue weighted by molar-refractivity contribution is -0.120. The normalized spacial score (nSPS) is 15.5. The minimum absolute atomic E-state index is 0.0507. The number of amides is 3. The van der Waals surface area contributed by atoms with E-state index < -0.39 is 12.0 Å². The zero-order valence-corrected chi connectivity index (χ0v) is 10.2. The number of nitrogens with one attached hydrogen (secondary N) is 1. The van der Waals surface area contributed by atoms with Crippen LogP contribution in [0.15, 0.2) is 24.5 Å². The SMILES string of the molecule is O=C1CCN(c2ncn3c(C(=O)O)cccc23)C(=O)N1. The summed E-state index contributed by atoms with van der Waals surface area (Å²) in [6.45, 7) is 0.217. The van der Waals surface area contributed by atoms with Crippen LogP contribution in [-0.2, 0) is 4.79 Å². The highest BCUT2D eigenvalue weighted by molar-refractivity contribution is 6.06. The van der Waals surface area contributed by atoms with Crippen molar-refractivity contribution in [1.82, 2.24) is 14.7 Å². The molecule has 3 amide bonds. The summed E-state index contributed by atoms with van der Waals surface area (Å²) in [5, 5.41) is 11.3. The fourth-order valence-corrected chi connectivity index (χ4v) is 2.15. The van der Waals surface area contributed by atoms with E-state index >= 15 is 0 Å². The maximum absolute atomic E-state index is 11.8. The number of pyridine rings is 1. The van der Waals surface area contributed by atoms with Crippen molar-refractivity contribution >= 4 is 29.2 Å². The van der Waals surface area contributed by atoms with Crippen molar-refractivity contribution in [2.45, 2.75) is 6.42 Å². The standard InChI is InChI=1S/C12H10N4O4/c17-9-4-5-15(12(20)14-9)10-7-2-1-3-8(11(18)19)16(7)6-13-10/h1-3,6H,4-5H2,(H,18,19)(H,14,17,20). The van der Waals surface area contributed by atoms with Crippen LogP contribution in [0.2, 0.25) is 0 Å². The number of imidazole rings is 1. The Kier molecular flexibility index (Phi) is 2.63. The molecule has 102 valence electrons. The van der Waals surface area contributed by atoms with E-state index in [4.69, 9.17) is 5.11 Å². The zero-order chi connectivity index (χ0) is 14.3. The Balaban J connectivity index is 2.09. The van der Waals surface area contributed by atoms with Gasteiger partial charge in [-0.15, -0.1) is 0 Å². The first kappa shape index (κ1) is 12.2. The van der Waals surface area contributed by atoms with E-state index in [2.05, 4.69) is 10.3 Å². The summed E-state index contributed by atoms with van der Waals surface area (Å²) in [5.41, 5.74) is 0.546. The number of carboxylic acid groups (broad SMARTS) is 1. The molecular weight excluding hydrogens is 264 g/mol. The highest BCUT2D eigenvalue weighted by atomic mass is 16.4. The zero-order valence-electron chi connectivity index (χ0n) is 10.2. The molecule has 3 rings (SSSR count). The van der Waals surface area contributed by atoms with Crippen LogP contribution in [0.4, 0.5) is 10.6 Å². The summed E-state index contributed by atoms with van der Waals surface area (Å²) in [6, 6.07) is 4.14. The summed E-state index contributed by atoms with van der Waals surface area (Å²) in [6.07, 6.45) is 1.53. The smallest absolute Gasteiger partial charge is 0.352 e. The van der Waals surface area contributed by atoms with Crippen LogP contribution >= 0.6 is 0 Å². The van der Waals surface area contributed by atoms with Gasteiger partial charge in [0.05, 0.1) is 5.52 Å². The Morgan fingerprint density at radius 1 is 1.35 bits per heavy atom. The Labute approximate surface area is 112 Å². The van der Waals surface area contributed by atoms with Gasteiger partial charge >= 0.3 is 12.0 Å². The van der Waals surface area contributed by atoms with E-state index in [1.54, 1.807) is 12.1 Å². The van der Waals surface area contributed by atoms with Crippen LogP contribution in [0, 0.1) is 0 Å². The molecule has 0 bridgehead atoms. The van der Waals surface area contributed by atoms with Crippen molar-refractivity contribution in [2.24, 2.45) is 0 Å². The predicted molar refractivity (Wildman–Crippen MR) is 67.7 cm³/mol. The number of carboxylic acids is 1. The molecule has 1 saturated heterocycles. The molecule has 0 aliphatic carbocycles. The summed E-state index contributed by atoms with van der Waals surface area (Å²) in [4.78, 5) is 39.5. The lowest BCUT2D eigenvalue weighted by Gasteiger charge is -2.24. The van der Waals surface area contributed by atoms with E-state index in [-0.39, 0.29) is 24.6 Å². The molecule has 2 N–H and O–H groups in total. The average Bonchev–Trinajstić information content (AvgIpc) is 2.82. The molecule has 0 aromatic carbocycles. The lowest BCUT2D eigenvalue weighted by atomic mass is 10.3. The molecule has 0 unspecified atom stereocenters. The third kappa shape index (κ3) is 1.78. The fraction of sp³-hybridized carbons (Fsp3) is 0.167. The third-order valence-corrected chi connectivity index (χ3v) is 3.08. The summed E-state index contributed by atoms with van der Waals surface area (Å²) in [5.74, 6) is -1.09. The third-order valence-electron chi connectivity index (χ3n) is 3.08. The van der Waals surface area contributed by atoms with Gasteiger partial charge in [0.15, 0.2) is 5.82 Å². The van der Waals surface area contributed by atoms with Crippen molar-refractivity contribution in [3.8, 4) is 0 Å². The number of aromatic nitrogens is 2. The molecule has 2 aromatic rings. The van der Waals surface area contributed by atoms with Gasteiger partial charge in [0.25, 0.3) is 0 Å².